The monoisotopic (exact) mass is 634 g/mol. The van der Waals surface area contributed by atoms with Gasteiger partial charge in [0.05, 0.1) is 11.1 Å². The molecule has 1 heterocycles. The molecule has 0 fully saturated rings. The molecule has 1 aliphatic heterocycles. The van der Waals surface area contributed by atoms with Crippen LogP contribution in [-0.4, -0.2) is 30.7 Å². The van der Waals surface area contributed by atoms with E-state index in [0.717, 1.165) is 35.4 Å². The molecule has 0 spiro atoms. The average Bonchev–Trinajstić information content (AvgIpc) is 2.85. The largest absolute Gasteiger partial charge is 0.490 e. The molecule has 0 radical (unpaired) electrons. The van der Waals surface area contributed by atoms with E-state index in [2.05, 4.69) is 54.3 Å². The fraction of sp³-hybridized carbons (Fsp3) is 0.441. The molecular formula is C34H39BrN2O5. The number of hydrogen-bond acceptors (Lipinski definition) is 6. The normalized spacial score (nSPS) is 19.6. The van der Waals surface area contributed by atoms with Crippen LogP contribution in [0.25, 0.3) is 0 Å². The highest BCUT2D eigenvalue weighted by atomic mass is 79.9. The first kappa shape index (κ1) is 30.1. The number of carbonyl (C=O) groups excluding carboxylic acids is 3. The molecule has 0 saturated carbocycles. The van der Waals surface area contributed by atoms with Gasteiger partial charge >= 0.3 is 0 Å². The highest BCUT2D eigenvalue weighted by Gasteiger charge is 2.46. The molecular weight excluding hydrogens is 596 g/mol. The fourth-order valence-corrected chi connectivity index (χ4v) is 7.01. The van der Waals surface area contributed by atoms with Crippen LogP contribution in [-0.2, 0) is 14.4 Å². The zero-order valence-corrected chi connectivity index (χ0v) is 26.8. The summed E-state index contributed by atoms with van der Waals surface area (Å²) < 4.78 is 12.6. The Morgan fingerprint density at radius 2 is 1.57 bits per heavy atom. The van der Waals surface area contributed by atoms with Gasteiger partial charge in [-0.2, -0.15) is 0 Å². The van der Waals surface area contributed by atoms with Crippen molar-refractivity contribution in [2.75, 3.05) is 18.5 Å². The average molecular weight is 636 g/mol. The number of ether oxygens (including phenoxy) is 2. The lowest BCUT2D eigenvalue weighted by Gasteiger charge is -2.44. The van der Waals surface area contributed by atoms with Crippen molar-refractivity contribution in [3.63, 3.8) is 0 Å². The smallest absolute Gasteiger partial charge is 0.262 e. The van der Waals surface area contributed by atoms with Gasteiger partial charge in [0.1, 0.15) is 0 Å². The molecule has 2 aliphatic carbocycles. The number of amides is 1. The topological polar surface area (TPSA) is 93.7 Å². The van der Waals surface area contributed by atoms with Crippen molar-refractivity contribution in [2.24, 2.45) is 10.8 Å². The minimum absolute atomic E-state index is 0.0603. The van der Waals surface area contributed by atoms with Gasteiger partial charge in [-0.3, -0.25) is 14.4 Å². The first-order valence-electron chi connectivity index (χ1n) is 14.5. The molecule has 0 saturated heterocycles. The van der Waals surface area contributed by atoms with Crippen molar-refractivity contribution in [3.8, 4) is 11.5 Å². The number of dihydropyridines is 1. The molecule has 2 N–H and O–H groups in total. The maximum absolute atomic E-state index is 13.7. The van der Waals surface area contributed by atoms with E-state index in [4.69, 9.17) is 9.47 Å². The van der Waals surface area contributed by atoms with E-state index in [-0.39, 0.29) is 34.9 Å². The molecule has 2 aromatic rings. The number of Topliss-reactive ketones (excluding diaryl/α,β-unsaturated/α-hetero) is 2. The first-order valence-corrected chi connectivity index (χ1v) is 15.3. The second-order valence-electron chi connectivity index (χ2n) is 13.2. The van der Waals surface area contributed by atoms with Crippen LogP contribution in [0.2, 0.25) is 0 Å². The molecule has 0 atom stereocenters. The van der Waals surface area contributed by atoms with Crippen molar-refractivity contribution in [3.05, 3.63) is 74.5 Å². The summed E-state index contributed by atoms with van der Waals surface area (Å²) in [4.78, 5) is 40.1. The van der Waals surface area contributed by atoms with Gasteiger partial charge in [-0.25, -0.2) is 0 Å². The molecule has 42 heavy (non-hydrogen) atoms. The minimum atomic E-state index is -0.502. The van der Waals surface area contributed by atoms with Gasteiger partial charge in [0, 0.05) is 47.0 Å². The maximum Gasteiger partial charge on any atom is 0.262 e. The van der Waals surface area contributed by atoms with Crippen LogP contribution >= 0.6 is 15.9 Å². The van der Waals surface area contributed by atoms with Gasteiger partial charge in [-0.05, 0) is 88.8 Å². The Morgan fingerprint density at radius 1 is 0.952 bits per heavy atom. The summed E-state index contributed by atoms with van der Waals surface area (Å²) in [6.07, 6.45) is 2.30. The number of rotatable bonds is 7. The van der Waals surface area contributed by atoms with E-state index >= 15 is 0 Å². The summed E-state index contributed by atoms with van der Waals surface area (Å²) >= 11 is 3.65. The van der Waals surface area contributed by atoms with Gasteiger partial charge in [0.25, 0.3) is 5.91 Å². The van der Waals surface area contributed by atoms with Gasteiger partial charge in [-0.1, -0.05) is 39.8 Å². The lowest BCUT2D eigenvalue weighted by Crippen LogP contribution is -2.42. The standard InChI is InChI=1S/C34H39BrN2O5/c1-7-41-27-13-20(12-22(35)32(27)42-18-28(40)36-21-10-8-9-19(2)11-21)29-30-23(14-33(3,4)16-25(30)38)37-24-15-34(5,6)17-26(39)31(24)29/h8-13,29,37H,7,14-18H2,1-6H3,(H,36,40). The predicted molar refractivity (Wildman–Crippen MR) is 167 cm³/mol. The molecule has 222 valence electrons. The Kier molecular flexibility index (Phi) is 8.14. The Morgan fingerprint density at radius 3 is 2.14 bits per heavy atom. The van der Waals surface area contributed by atoms with E-state index in [1.807, 2.05) is 50.2 Å². The van der Waals surface area contributed by atoms with Crippen LogP contribution in [0.5, 0.6) is 11.5 Å². The Balaban J connectivity index is 1.52. The van der Waals surface area contributed by atoms with Crippen LogP contribution in [0, 0.1) is 17.8 Å². The van der Waals surface area contributed by atoms with Gasteiger partial charge in [0.15, 0.2) is 29.7 Å². The summed E-state index contributed by atoms with van der Waals surface area (Å²) in [6.45, 7) is 12.4. The van der Waals surface area contributed by atoms with Crippen molar-refractivity contribution in [2.45, 2.75) is 73.1 Å². The van der Waals surface area contributed by atoms with Crippen LogP contribution in [0.1, 0.15) is 77.3 Å². The highest BCUT2D eigenvalue weighted by Crippen LogP contribution is 2.52. The van der Waals surface area contributed by atoms with Gasteiger partial charge in [0.2, 0.25) is 0 Å². The quantitative estimate of drug-likeness (QED) is 0.336. The Labute approximate surface area is 256 Å². The molecule has 3 aliphatic rings. The third-order valence-corrected chi connectivity index (χ3v) is 8.62. The van der Waals surface area contributed by atoms with E-state index in [0.29, 0.717) is 52.3 Å². The first-order chi connectivity index (χ1) is 19.8. The Bertz CT molecular complexity index is 1480. The zero-order chi connectivity index (χ0) is 30.4. The lowest BCUT2D eigenvalue weighted by atomic mass is 9.64. The molecule has 1 amide bonds. The predicted octanol–water partition coefficient (Wildman–Crippen LogP) is 7.15. The number of benzene rings is 2. The number of aryl methyl sites for hydroxylation is 1. The number of allylic oxidation sites excluding steroid dienone is 4. The van der Waals surface area contributed by atoms with Crippen molar-refractivity contribution < 1.29 is 23.9 Å². The van der Waals surface area contributed by atoms with Gasteiger partial charge < -0.3 is 20.1 Å². The number of ketones is 2. The van der Waals surface area contributed by atoms with Crippen molar-refractivity contribution >= 4 is 39.1 Å². The Hall–Kier alpha value is -3.39. The zero-order valence-electron chi connectivity index (χ0n) is 25.2. The fourth-order valence-electron chi connectivity index (χ4n) is 6.44. The van der Waals surface area contributed by atoms with E-state index in [9.17, 15) is 14.4 Å². The van der Waals surface area contributed by atoms with Crippen LogP contribution in [0.15, 0.2) is 63.4 Å². The van der Waals surface area contributed by atoms with Crippen molar-refractivity contribution in [1.82, 2.24) is 5.32 Å². The third-order valence-electron chi connectivity index (χ3n) is 8.03. The second kappa shape index (κ2) is 11.4. The molecule has 0 bridgehead atoms. The number of hydrogen-bond donors (Lipinski definition) is 2. The van der Waals surface area contributed by atoms with E-state index < -0.39 is 5.92 Å². The SMILES string of the molecule is CCOc1cc(C2C3=C(CC(C)(C)CC3=O)NC3=C2C(=O)CC(C)(C)C3)cc(Br)c1OCC(=O)Nc1cccc(C)c1. The van der Waals surface area contributed by atoms with Crippen LogP contribution in [0.4, 0.5) is 5.69 Å². The summed E-state index contributed by atoms with van der Waals surface area (Å²) in [5.41, 5.74) is 5.33. The van der Waals surface area contributed by atoms with Crippen molar-refractivity contribution in [1.29, 1.82) is 0 Å². The van der Waals surface area contributed by atoms with Gasteiger partial charge in [-0.15, -0.1) is 0 Å². The third kappa shape index (κ3) is 6.19. The van der Waals surface area contributed by atoms with E-state index in [1.54, 1.807) is 0 Å². The summed E-state index contributed by atoms with van der Waals surface area (Å²) in [5.74, 6) is 0.158. The van der Waals surface area contributed by atoms with E-state index in [1.165, 1.54) is 0 Å². The number of nitrogens with one attached hydrogen (secondary N) is 2. The molecule has 5 rings (SSSR count). The molecule has 7 nitrogen and oxygen atoms in total. The minimum Gasteiger partial charge on any atom is -0.490 e. The number of carbonyl (C=O) groups is 3. The summed E-state index contributed by atoms with van der Waals surface area (Å²) in [7, 11) is 0. The summed E-state index contributed by atoms with van der Waals surface area (Å²) in [5, 5.41) is 6.41. The highest BCUT2D eigenvalue weighted by molar-refractivity contribution is 9.10. The lowest BCUT2D eigenvalue weighted by molar-refractivity contribution is -0.119. The second-order valence-corrected chi connectivity index (χ2v) is 14.0. The molecule has 8 heteroatoms. The van der Waals surface area contributed by atoms with Crippen LogP contribution < -0.4 is 20.1 Å². The molecule has 2 aromatic carbocycles. The number of anilines is 1. The molecule has 0 unspecified atom stereocenters. The molecule has 0 aromatic heterocycles. The van der Waals surface area contributed by atoms with Crippen LogP contribution in [0.3, 0.4) is 0 Å². The number of halogens is 1. The summed E-state index contributed by atoms with van der Waals surface area (Å²) in [6, 6.07) is 11.3. The maximum atomic E-state index is 13.7.